The summed E-state index contributed by atoms with van der Waals surface area (Å²) in [4.78, 5) is 0. The molecule has 0 saturated heterocycles. The van der Waals surface area contributed by atoms with E-state index in [1.165, 1.54) is 0 Å². The number of hydrogen-bond donors (Lipinski definition) is 0. The van der Waals surface area contributed by atoms with Crippen molar-refractivity contribution in [1.82, 2.24) is 0 Å². The van der Waals surface area contributed by atoms with Crippen LogP contribution in [0.4, 0.5) is 0 Å². The second kappa shape index (κ2) is 6.34. The molecule has 0 N–H and O–H groups in total. The molecule has 0 nitrogen and oxygen atoms in total. The second-order valence-corrected chi connectivity index (χ2v) is 2.30. The van der Waals surface area contributed by atoms with Crippen molar-refractivity contribution < 1.29 is 0 Å². The molecule has 0 aromatic rings. The highest BCUT2D eigenvalue weighted by molar-refractivity contribution is 5.06. The average Bonchev–Trinajstić information content (AvgIpc) is 1.89. The highest BCUT2D eigenvalue weighted by Gasteiger charge is 1.83. The van der Waals surface area contributed by atoms with Crippen molar-refractivity contribution in [1.29, 1.82) is 0 Å². The molecule has 0 aliphatic heterocycles. The Morgan fingerprint density at radius 1 is 0.900 bits per heavy atom. The van der Waals surface area contributed by atoms with Crippen molar-refractivity contribution in [2.45, 2.75) is 20.8 Å². The number of allylic oxidation sites excluding steroid dienone is 6. The zero-order chi connectivity index (χ0) is 7.82. The van der Waals surface area contributed by atoms with Gasteiger partial charge in [-0.3, -0.25) is 0 Å². The lowest BCUT2D eigenvalue weighted by Gasteiger charge is -1.93. The van der Waals surface area contributed by atoms with Crippen molar-refractivity contribution in [3.63, 3.8) is 0 Å². The molecule has 0 amide bonds. The van der Waals surface area contributed by atoms with Gasteiger partial charge in [-0.15, -0.1) is 0 Å². The van der Waals surface area contributed by atoms with Crippen molar-refractivity contribution in [2.24, 2.45) is 5.92 Å². The van der Waals surface area contributed by atoms with Gasteiger partial charge in [0.2, 0.25) is 0 Å². The standard InChI is InChI=1S/C10H16/c1-4-6-7-9-10(3)8-5-2/h4-10H,1-3H3/b6-4?,8-5+,9-7?. The maximum Gasteiger partial charge on any atom is -0.00789 e. The van der Waals surface area contributed by atoms with E-state index in [4.69, 9.17) is 0 Å². The van der Waals surface area contributed by atoms with Gasteiger partial charge in [-0.2, -0.15) is 0 Å². The monoisotopic (exact) mass is 136 g/mol. The Morgan fingerprint density at radius 3 is 2.10 bits per heavy atom. The topological polar surface area (TPSA) is 0 Å². The molecule has 10 heavy (non-hydrogen) atoms. The van der Waals surface area contributed by atoms with Crippen LogP contribution in [0, 0.1) is 5.92 Å². The first-order valence-electron chi connectivity index (χ1n) is 3.73. The highest BCUT2D eigenvalue weighted by Crippen LogP contribution is 1.98. The molecular formula is C10H16. The Balaban J connectivity index is 3.65. The fourth-order valence-electron chi connectivity index (χ4n) is 0.718. The lowest BCUT2D eigenvalue weighted by atomic mass is 10.1. The summed E-state index contributed by atoms with van der Waals surface area (Å²) in [7, 11) is 0. The molecule has 0 rings (SSSR count). The SMILES string of the molecule is CC=CC=CC(C)/C=C/C. The molecule has 0 saturated carbocycles. The van der Waals surface area contributed by atoms with Gasteiger partial charge < -0.3 is 0 Å². The van der Waals surface area contributed by atoms with Gasteiger partial charge in [-0.05, 0) is 19.8 Å². The van der Waals surface area contributed by atoms with E-state index in [1.807, 2.05) is 26.0 Å². The smallest absolute Gasteiger partial charge is 0.00789 e. The van der Waals surface area contributed by atoms with Gasteiger partial charge in [0.25, 0.3) is 0 Å². The summed E-state index contributed by atoms with van der Waals surface area (Å²) in [5.41, 5.74) is 0. The van der Waals surface area contributed by atoms with E-state index in [2.05, 4.69) is 31.2 Å². The summed E-state index contributed by atoms with van der Waals surface area (Å²) in [6.45, 7) is 6.23. The van der Waals surface area contributed by atoms with E-state index in [9.17, 15) is 0 Å². The van der Waals surface area contributed by atoms with E-state index < -0.39 is 0 Å². The Bertz CT molecular complexity index is 138. The van der Waals surface area contributed by atoms with Crippen molar-refractivity contribution >= 4 is 0 Å². The molecule has 0 fully saturated rings. The van der Waals surface area contributed by atoms with Crippen LogP contribution in [-0.4, -0.2) is 0 Å². The molecule has 0 radical (unpaired) electrons. The Kier molecular flexibility index (Phi) is 5.85. The van der Waals surface area contributed by atoms with Crippen LogP contribution in [0.1, 0.15) is 20.8 Å². The fraction of sp³-hybridized carbons (Fsp3) is 0.400. The molecule has 0 heterocycles. The first-order valence-corrected chi connectivity index (χ1v) is 3.73. The predicted octanol–water partition coefficient (Wildman–Crippen LogP) is 3.33. The molecule has 56 valence electrons. The molecule has 1 atom stereocenters. The minimum absolute atomic E-state index is 0.557. The zero-order valence-corrected chi connectivity index (χ0v) is 7.04. The maximum absolute atomic E-state index is 2.17. The minimum atomic E-state index is 0.557. The van der Waals surface area contributed by atoms with Gasteiger partial charge in [0, 0.05) is 0 Å². The van der Waals surface area contributed by atoms with Gasteiger partial charge in [-0.25, -0.2) is 0 Å². The van der Waals surface area contributed by atoms with Gasteiger partial charge in [0.1, 0.15) is 0 Å². The molecule has 0 aliphatic carbocycles. The summed E-state index contributed by atoms with van der Waals surface area (Å²) >= 11 is 0. The van der Waals surface area contributed by atoms with Gasteiger partial charge in [-0.1, -0.05) is 43.4 Å². The molecular weight excluding hydrogens is 120 g/mol. The van der Waals surface area contributed by atoms with Crippen molar-refractivity contribution in [3.05, 3.63) is 36.5 Å². The highest BCUT2D eigenvalue weighted by atomic mass is 13.9. The molecule has 0 heteroatoms. The predicted molar refractivity (Wildman–Crippen MR) is 47.9 cm³/mol. The third-order valence-electron chi connectivity index (χ3n) is 1.21. The van der Waals surface area contributed by atoms with Crippen molar-refractivity contribution in [3.8, 4) is 0 Å². The zero-order valence-electron chi connectivity index (χ0n) is 7.04. The van der Waals surface area contributed by atoms with Gasteiger partial charge in [0.15, 0.2) is 0 Å². The summed E-state index contributed by atoms with van der Waals surface area (Å²) in [6.07, 6.45) is 12.5. The van der Waals surface area contributed by atoms with Gasteiger partial charge in [0.05, 0.1) is 0 Å². The first kappa shape index (κ1) is 9.22. The summed E-state index contributed by atoms with van der Waals surface area (Å²) in [5, 5.41) is 0. The second-order valence-electron chi connectivity index (χ2n) is 2.30. The minimum Gasteiger partial charge on any atom is -0.0911 e. The van der Waals surface area contributed by atoms with Crippen molar-refractivity contribution in [2.75, 3.05) is 0 Å². The molecule has 0 spiro atoms. The van der Waals surface area contributed by atoms with Crippen LogP contribution < -0.4 is 0 Å². The van der Waals surface area contributed by atoms with Crippen LogP contribution >= 0.6 is 0 Å². The summed E-state index contributed by atoms with van der Waals surface area (Å²) < 4.78 is 0. The van der Waals surface area contributed by atoms with Crippen LogP contribution in [0.15, 0.2) is 36.5 Å². The summed E-state index contributed by atoms with van der Waals surface area (Å²) in [5.74, 6) is 0.557. The van der Waals surface area contributed by atoms with E-state index in [0.717, 1.165) is 0 Å². The fourth-order valence-corrected chi connectivity index (χ4v) is 0.718. The third-order valence-corrected chi connectivity index (χ3v) is 1.21. The normalized spacial score (nSPS) is 15.9. The first-order chi connectivity index (χ1) is 4.81. The van der Waals surface area contributed by atoms with E-state index >= 15 is 0 Å². The molecule has 0 aromatic carbocycles. The van der Waals surface area contributed by atoms with E-state index in [1.54, 1.807) is 0 Å². The van der Waals surface area contributed by atoms with Crippen LogP contribution in [0.5, 0.6) is 0 Å². The quantitative estimate of drug-likeness (QED) is 0.412. The van der Waals surface area contributed by atoms with Crippen LogP contribution in [-0.2, 0) is 0 Å². The number of rotatable bonds is 3. The van der Waals surface area contributed by atoms with Crippen LogP contribution in [0.2, 0.25) is 0 Å². The molecule has 0 aliphatic rings. The van der Waals surface area contributed by atoms with E-state index in [-0.39, 0.29) is 0 Å². The van der Waals surface area contributed by atoms with E-state index in [0.29, 0.717) is 5.92 Å². The molecule has 0 aromatic heterocycles. The van der Waals surface area contributed by atoms with Crippen LogP contribution in [0.25, 0.3) is 0 Å². The molecule has 0 bridgehead atoms. The maximum atomic E-state index is 2.17. The molecule has 1 unspecified atom stereocenters. The van der Waals surface area contributed by atoms with Gasteiger partial charge >= 0.3 is 0 Å². The lowest BCUT2D eigenvalue weighted by Crippen LogP contribution is -1.79. The Morgan fingerprint density at radius 2 is 1.60 bits per heavy atom. The lowest BCUT2D eigenvalue weighted by molar-refractivity contribution is 0.937. The Hall–Kier alpha value is -0.780. The largest absolute Gasteiger partial charge is 0.0911 e. The Labute approximate surface area is 64.0 Å². The van der Waals surface area contributed by atoms with Crippen LogP contribution in [0.3, 0.4) is 0 Å². The third kappa shape index (κ3) is 5.36. The summed E-state index contributed by atoms with van der Waals surface area (Å²) in [6, 6.07) is 0. The number of hydrogen-bond acceptors (Lipinski definition) is 0. The average molecular weight is 136 g/mol.